The van der Waals surface area contributed by atoms with Gasteiger partial charge < -0.3 is 10.6 Å². The molecular weight excluding hydrogens is 264 g/mol. The van der Waals surface area contributed by atoms with Crippen LogP contribution < -0.4 is 10.6 Å². The van der Waals surface area contributed by atoms with E-state index in [-0.39, 0.29) is 6.03 Å². The molecule has 0 saturated carbocycles. The van der Waals surface area contributed by atoms with Crippen molar-refractivity contribution in [2.24, 2.45) is 0 Å². The van der Waals surface area contributed by atoms with Gasteiger partial charge in [0, 0.05) is 23.5 Å². The van der Waals surface area contributed by atoms with Gasteiger partial charge in [-0.1, -0.05) is 17.7 Å². The number of carbonyl (C=O) groups excluding carboxylic acids is 1. The van der Waals surface area contributed by atoms with Gasteiger partial charge in [0.05, 0.1) is 11.9 Å². The Morgan fingerprint density at radius 1 is 1.37 bits per heavy atom. The topological polar surface area (TPSA) is 59.0 Å². The minimum atomic E-state index is -0.324. The number of nitrogens with zero attached hydrogens (tertiary/aromatic N) is 2. The first-order chi connectivity index (χ1) is 9.08. The SMILES string of the molecule is CCn1cc(NC(=O)Nc2ccc(C)c(Cl)c2)cn1. The molecule has 2 amide bonds. The maximum absolute atomic E-state index is 11.8. The fourth-order valence-electron chi connectivity index (χ4n) is 1.57. The molecule has 1 aromatic heterocycles. The van der Waals surface area contributed by atoms with Crippen molar-refractivity contribution >= 4 is 29.0 Å². The summed E-state index contributed by atoms with van der Waals surface area (Å²) in [5, 5.41) is 10.1. The zero-order valence-corrected chi connectivity index (χ0v) is 11.5. The number of aromatic nitrogens is 2. The van der Waals surface area contributed by atoms with E-state index in [2.05, 4.69) is 15.7 Å². The highest BCUT2D eigenvalue weighted by molar-refractivity contribution is 6.31. The predicted molar refractivity (Wildman–Crippen MR) is 76.7 cm³/mol. The summed E-state index contributed by atoms with van der Waals surface area (Å²) in [5.74, 6) is 0. The van der Waals surface area contributed by atoms with Crippen LogP contribution in [0.3, 0.4) is 0 Å². The first-order valence-electron chi connectivity index (χ1n) is 5.95. The summed E-state index contributed by atoms with van der Waals surface area (Å²) in [5.41, 5.74) is 2.27. The third-order valence-corrected chi connectivity index (χ3v) is 3.05. The number of rotatable bonds is 3. The molecule has 0 fully saturated rings. The molecule has 1 aromatic carbocycles. The van der Waals surface area contributed by atoms with Crippen molar-refractivity contribution in [2.45, 2.75) is 20.4 Å². The molecule has 0 spiro atoms. The summed E-state index contributed by atoms with van der Waals surface area (Å²) in [4.78, 5) is 11.8. The van der Waals surface area contributed by atoms with Crippen LogP contribution in [0.25, 0.3) is 0 Å². The summed E-state index contributed by atoms with van der Waals surface area (Å²) >= 11 is 5.99. The molecule has 0 radical (unpaired) electrons. The van der Waals surface area contributed by atoms with Crippen LogP contribution in [-0.2, 0) is 6.54 Å². The zero-order valence-electron chi connectivity index (χ0n) is 10.8. The number of amides is 2. The van der Waals surface area contributed by atoms with Crippen LogP contribution in [0.2, 0.25) is 5.02 Å². The Labute approximate surface area is 116 Å². The highest BCUT2D eigenvalue weighted by atomic mass is 35.5. The van der Waals surface area contributed by atoms with Crippen LogP contribution >= 0.6 is 11.6 Å². The zero-order chi connectivity index (χ0) is 13.8. The minimum Gasteiger partial charge on any atom is -0.308 e. The quantitative estimate of drug-likeness (QED) is 0.903. The normalized spacial score (nSPS) is 10.3. The molecule has 6 heteroatoms. The van der Waals surface area contributed by atoms with E-state index >= 15 is 0 Å². The molecule has 0 saturated heterocycles. The van der Waals surface area contributed by atoms with Crippen molar-refractivity contribution in [1.82, 2.24) is 9.78 Å². The lowest BCUT2D eigenvalue weighted by Crippen LogP contribution is -2.19. The number of aryl methyl sites for hydroxylation is 2. The van der Waals surface area contributed by atoms with Gasteiger partial charge in [0.1, 0.15) is 0 Å². The van der Waals surface area contributed by atoms with Crippen LogP contribution in [0.1, 0.15) is 12.5 Å². The Kier molecular flexibility index (Phi) is 4.06. The molecule has 0 atom stereocenters. The number of anilines is 2. The van der Waals surface area contributed by atoms with E-state index in [0.29, 0.717) is 16.4 Å². The van der Waals surface area contributed by atoms with E-state index < -0.39 is 0 Å². The van der Waals surface area contributed by atoms with Gasteiger partial charge in [0.25, 0.3) is 0 Å². The van der Waals surface area contributed by atoms with Crippen molar-refractivity contribution in [1.29, 1.82) is 0 Å². The number of urea groups is 1. The predicted octanol–water partition coefficient (Wildman–Crippen LogP) is 3.51. The molecule has 0 aliphatic carbocycles. The summed E-state index contributed by atoms with van der Waals surface area (Å²) < 4.78 is 1.73. The molecule has 0 aliphatic rings. The smallest absolute Gasteiger partial charge is 0.308 e. The molecule has 19 heavy (non-hydrogen) atoms. The first kappa shape index (κ1) is 13.4. The van der Waals surface area contributed by atoms with Crippen LogP contribution in [0.4, 0.5) is 16.2 Å². The lowest BCUT2D eigenvalue weighted by atomic mass is 10.2. The fourth-order valence-corrected chi connectivity index (χ4v) is 1.75. The molecule has 0 unspecified atom stereocenters. The number of hydrogen-bond donors (Lipinski definition) is 2. The van der Waals surface area contributed by atoms with Crippen LogP contribution in [0, 0.1) is 6.92 Å². The Balaban J connectivity index is 1.98. The van der Waals surface area contributed by atoms with Gasteiger partial charge in [-0.3, -0.25) is 4.68 Å². The Bertz CT molecular complexity index is 594. The molecule has 0 aliphatic heterocycles. The van der Waals surface area contributed by atoms with Gasteiger partial charge in [-0.25, -0.2) is 4.79 Å². The maximum Gasteiger partial charge on any atom is 0.323 e. The molecule has 2 aromatic rings. The van der Waals surface area contributed by atoms with E-state index in [1.165, 1.54) is 0 Å². The highest BCUT2D eigenvalue weighted by Crippen LogP contribution is 2.20. The fraction of sp³-hybridized carbons (Fsp3) is 0.231. The van der Waals surface area contributed by atoms with Gasteiger partial charge >= 0.3 is 6.03 Å². The van der Waals surface area contributed by atoms with E-state index in [0.717, 1.165) is 12.1 Å². The van der Waals surface area contributed by atoms with Gasteiger partial charge in [-0.15, -0.1) is 0 Å². The second-order valence-electron chi connectivity index (χ2n) is 4.13. The van der Waals surface area contributed by atoms with Gasteiger partial charge in [0.2, 0.25) is 0 Å². The van der Waals surface area contributed by atoms with Gasteiger partial charge in [-0.05, 0) is 31.5 Å². The number of benzene rings is 1. The van der Waals surface area contributed by atoms with Crippen molar-refractivity contribution in [2.75, 3.05) is 10.6 Å². The maximum atomic E-state index is 11.8. The van der Waals surface area contributed by atoms with E-state index in [1.54, 1.807) is 29.2 Å². The average Bonchev–Trinajstić information content (AvgIpc) is 2.81. The van der Waals surface area contributed by atoms with Crippen molar-refractivity contribution in [3.63, 3.8) is 0 Å². The summed E-state index contributed by atoms with van der Waals surface area (Å²) in [7, 11) is 0. The largest absolute Gasteiger partial charge is 0.323 e. The summed E-state index contributed by atoms with van der Waals surface area (Å²) in [6.45, 7) is 4.65. The summed E-state index contributed by atoms with van der Waals surface area (Å²) in [6.07, 6.45) is 3.37. The van der Waals surface area contributed by atoms with Crippen LogP contribution in [-0.4, -0.2) is 15.8 Å². The van der Waals surface area contributed by atoms with Crippen LogP contribution in [0.15, 0.2) is 30.6 Å². The van der Waals surface area contributed by atoms with Crippen molar-refractivity contribution in [3.05, 3.63) is 41.2 Å². The number of hydrogen-bond acceptors (Lipinski definition) is 2. The number of halogens is 1. The lowest BCUT2D eigenvalue weighted by Gasteiger charge is -2.07. The van der Waals surface area contributed by atoms with Crippen LogP contribution in [0.5, 0.6) is 0 Å². The third kappa shape index (κ3) is 3.48. The third-order valence-electron chi connectivity index (χ3n) is 2.64. The second-order valence-corrected chi connectivity index (χ2v) is 4.53. The monoisotopic (exact) mass is 278 g/mol. The molecule has 0 bridgehead atoms. The van der Waals surface area contributed by atoms with Crippen molar-refractivity contribution < 1.29 is 4.79 Å². The first-order valence-corrected chi connectivity index (χ1v) is 6.33. The van der Waals surface area contributed by atoms with E-state index in [1.807, 2.05) is 19.9 Å². The average molecular weight is 279 g/mol. The minimum absolute atomic E-state index is 0.324. The van der Waals surface area contributed by atoms with Crippen molar-refractivity contribution in [3.8, 4) is 0 Å². The standard InChI is InChI=1S/C13H15ClN4O/c1-3-18-8-11(7-15-18)17-13(19)16-10-5-4-9(2)12(14)6-10/h4-8H,3H2,1-2H3,(H2,16,17,19). The lowest BCUT2D eigenvalue weighted by molar-refractivity contribution is 0.262. The number of carbonyl (C=O) groups is 1. The Hall–Kier alpha value is -2.01. The molecular formula is C13H15ClN4O. The van der Waals surface area contributed by atoms with Gasteiger partial charge in [0.15, 0.2) is 0 Å². The summed E-state index contributed by atoms with van der Waals surface area (Å²) in [6, 6.07) is 5.05. The van der Waals surface area contributed by atoms with E-state index in [4.69, 9.17) is 11.6 Å². The highest BCUT2D eigenvalue weighted by Gasteiger charge is 2.05. The Morgan fingerprint density at radius 2 is 2.11 bits per heavy atom. The molecule has 100 valence electrons. The molecule has 5 nitrogen and oxygen atoms in total. The molecule has 2 N–H and O–H groups in total. The molecule has 1 heterocycles. The Morgan fingerprint density at radius 3 is 2.74 bits per heavy atom. The molecule has 2 rings (SSSR count). The van der Waals surface area contributed by atoms with E-state index in [9.17, 15) is 4.79 Å². The number of nitrogens with one attached hydrogen (secondary N) is 2. The van der Waals surface area contributed by atoms with Gasteiger partial charge in [-0.2, -0.15) is 5.10 Å². The second kappa shape index (κ2) is 5.75.